The topological polar surface area (TPSA) is 49.3 Å². The molecule has 4 rings (SSSR count). The van der Waals surface area contributed by atoms with Crippen molar-refractivity contribution in [3.63, 3.8) is 0 Å². The second-order valence-corrected chi connectivity index (χ2v) is 9.48. The SMILES string of the molecule is C[C@@]1(O)C2CC[C@H]1C[C@H](Sc1cc(C(=O)Nc3ccc(F)c(F)c3)ccc1F)C2. The fourth-order valence-corrected chi connectivity index (χ4v) is 5.94. The molecule has 2 N–H and O–H groups in total. The maximum atomic E-state index is 14.4. The van der Waals surface area contributed by atoms with Gasteiger partial charge in [-0.1, -0.05) is 0 Å². The van der Waals surface area contributed by atoms with E-state index in [0.717, 1.165) is 37.8 Å². The highest BCUT2D eigenvalue weighted by molar-refractivity contribution is 8.00. The number of aliphatic hydroxyl groups is 1. The largest absolute Gasteiger partial charge is 0.390 e. The van der Waals surface area contributed by atoms with Gasteiger partial charge in [0.1, 0.15) is 5.82 Å². The van der Waals surface area contributed by atoms with Gasteiger partial charge in [0, 0.05) is 27.5 Å². The van der Waals surface area contributed by atoms with Gasteiger partial charge < -0.3 is 10.4 Å². The van der Waals surface area contributed by atoms with Crippen LogP contribution >= 0.6 is 11.8 Å². The van der Waals surface area contributed by atoms with Gasteiger partial charge in [0.05, 0.1) is 5.60 Å². The summed E-state index contributed by atoms with van der Waals surface area (Å²) in [4.78, 5) is 12.9. The molecule has 7 heteroatoms. The number of hydrogen-bond donors (Lipinski definition) is 2. The molecule has 0 aromatic heterocycles. The van der Waals surface area contributed by atoms with Crippen molar-refractivity contribution in [2.24, 2.45) is 11.8 Å². The number of benzene rings is 2. The molecule has 3 nitrogen and oxygen atoms in total. The Morgan fingerprint density at radius 3 is 2.34 bits per heavy atom. The molecular formula is C22H22F3NO2S. The maximum absolute atomic E-state index is 14.4. The van der Waals surface area contributed by atoms with Crippen molar-refractivity contribution in [3.8, 4) is 0 Å². The fourth-order valence-electron chi connectivity index (χ4n) is 4.55. The van der Waals surface area contributed by atoms with Crippen molar-refractivity contribution >= 4 is 23.4 Å². The molecule has 1 amide bonds. The van der Waals surface area contributed by atoms with Crippen molar-refractivity contribution in [2.75, 3.05) is 5.32 Å². The summed E-state index contributed by atoms with van der Waals surface area (Å²) in [6.45, 7) is 1.90. The highest BCUT2D eigenvalue weighted by atomic mass is 32.2. The number of nitrogens with one attached hydrogen (secondary N) is 1. The van der Waals surface area contributed by atoms with Crippen LogP contribution in [0.4, 0.5) is 18.9 Å². The number of carbonyl (C=O) groups excluding carboxylic acids is 1. The molecule has 1 unspecified atom stereocenters. The van der Waals surface area contributed by atoms with Crippen LogP contribution in [0.15, 0.2) is 41.3 Å². The molecule has 29 heavy (non-hydrogen) atoms. The van der Waals surface area contributed by atoms with Gasteiger partial charge in [-0.3, -0.25) is 4.79 Å². The van der Waals surface area contributed by atoms with E-state index in [1.54, 1.807) is 0 Å². The van der Waals surface area contributed by atoms with E-state index >= 15 is 0 Å². The van der Waals surface area contributed by atoms with Gasteiger partial charge in [-0.25, -0.2) is 13.2 Å². The number of anilines is 1. The van der Waals surface area contributed by atoms with Gasteiger partial charge in [0.2, 0.25) is 0 Å². The lowest BCUT2D eigenvalue weighted by Crippen LogP contribution is -2.42. The minimum atomic E-state index is -1.05. The fraction of sp³-hybridized carbons (Fsp3) is 0.409. The minimum Gasteiger partial charge on any atom is -0.390 e. The Hall–Kier alpha value is -1.99. The van der Waals surface area contributed by atoms with Crippen LogP contribution in [0.5, 0.6) is 0 Å². The van der Waals surface area contributed by atoms with Gasteiger partial charge in [-0.05, 0) is 74.8 Å². The number of hydrogen-bond acceptors (Lipinski definition) is 3. The summed E-state index contributed by atoms with van der Waals surface area (Å²) >= 11 is 1.41. The van der Waals surface area contributed by atoms with Crippen molar-refractivity contribution in [2.45, 2.75) is 48.4 Å². The number of thioether (sulfide) groups is 1. The Bertz CT molecular complexity index is 934. The van der Waals surface area contributed by atoms with Gasteiger partial charge in [0.25, 0.3) is 5.91 Å². The lowest BCUT2D eigenvalue weighted by Gasteiger charge is -2.40. The summed E-state index contributed by atoms with van der Waals surface area (Å²) in [6, 6.07) is 7.20. The zero-order valence-corrected chi connectivity index (χ0v) is 16.7. The van der Waals surface area contributed by atoms with Gasteiger partial charge >= 0.3 is 0 Å². The third-order valence-electron chi connectivity index (χ3n) is 6.28. The first-order valence-corrected chi connectivity index (χ1v) is 10.6. The molecule has 0 saturated heterocycles. The Balaban J connectivity index is 1.47. The number of carbonyl (C=O) groups is 1. The van der Waals surface area contributed by atoms with Crippen LogP contribution in [-0.4, -0.2) is 21.9 Å². The third kappa shape index (κ3) is 4.03. The van der Waals surface area contributed by atoms with Crippen LogP contribution in [0, 0.1) is 29.3 Å². The number of halogens is 3. The molecule has 2 fully saturated rings. The molecule has 2 aromatic carbocycles. The molecular weight excluding hydrogens is 399 g/mol. The lowest BCUT2D eigenvalue weighted by atomic mass is 9.76. The molecule has 2 aromatic rings. The average Bonchev–Trinajstić information content (AvgIpc) is 2.84. The highest BCUT2D eigenvalue weighted by Crippen LogP contribution is 2.53. The molecule has 4 atom stereocenters. The Kier molecular flexibility index (Phi) is 5.38. The van der Waals surface area contributed by atoms with E-state index in [1.807, 2.05) is 6.92 Å². The third-order valence-corrected chi connectivity index (χ3v) is 7.56. The van der Waals surface area contributed by atoms with Crippen LogP contribution in [0.25, 0.3) is 0 Å². The molecule has 2 aliphatic rings. The molecule has 0 radical (unpaired) electrons. The molecule has 0 aliphatic heterocycles. The number of amides is 1. The molecule has 2 saturated carbocycles. The summed E-state index contributed by atoms with van der Waals surface area (Å²) < 4.78 is 40.8. The Labute approximate surface area is 171 Å². The van der Waals surface area contributed by atoms with Crippen LogP contribution < -0.4 is 5.32 Å². The van der Waals surface area contributed by atoms with Crippen molar-refractivity contribution < 1.29 is 23.1 Å². The van der Waals surface area contributed by atoms with E-state index in [0.29, 0.717) is 4.90 Å². The summed E-state index contributed by atoms with van der Waals surface area (Å²) in [5.74, 6) is -2.53. The van der Waals surface area contributed by atoms with Gasteiger partial charge in [0.15, 0.2) is 11.6 Å². The first kappa shape index (κ1) is 20.3. The van der Waals surface area contributed by atoms with E-state index in [9.17, 15) is 23.1 Å². The van der Waals surface area contributed by atoms with Crippen LogP contribution in [0.3, 0.4) is 0 Å². The zero-order valence-electron chi connectivity index (χ0n) is 15.9. The zero-order chi connectivity index (χ0) is 20.8. The monoisotopic (exact) mass is 421 g/mol. The van der Waals surface area contributed by atoms with E-state index in [1.165, 1.54) is 36.0 Å². The van der Waals surface area contributed by atoms with E-state index in [4.69, 9.17) is 0 Å². The van der Waals surface area contributed by atoms with Crippen molar-refractivity contribution in [1.29, 1.82) is 0 Å². The Morgan fingerprint density at radius 1 is 1.03 bits per heavy atom. The predicted octanol–water partition coefficient (Wildman–Crippen LogP) is 5.39. The van der Waals surface area contributed by atoms with E-state index in [2.05, 4.69) is 5.32 Å². The van der Waals surface area contributed by atoms with Crippen LogP contribution in [-0.2, 0) is 0 Å². The van der Waals surface area contributed by atoms with Crippen LogP contribution in [0.2, 0.25) is 0 Å². The van der Waals surface area contributed by atoms with Crippen LogP contribution in [0.1, 0.15) is 43.0 Å². The van der Waals surface area contributed by atoms with Gasteiger partial charge in [-0.15, -0.1) is 11.8 Å². The Morgan fingerprint density at radius 2 is 1.69 bits per heavy atom. The number of rotatable bonds is 4. The normalized spacial score (nSPS) is 28.4. The molecule has 2 aliphatic carbocycles. The summed E-state index contributed by atoms with van der Waals surface area (Å²) in [5, 5.41) is 13.3. The summed E-state index contributed by atoms with van der Waals surface area (Å²) in [6.07, 6.45) is 3.62. The average molecular weight is 421 g/mol. The van der Waals surface area contributed by atoms with Crippen molar-refractivity contribution in [3.05, 3.63) is 59.4 Å². The van der Waals surface area contributed by atoms with E-state index < -0.39 is 29.0 Å². The number of fused-ring (bicyclic) bond motifs is 2. The molecule has 0 spiro atoms. The van der Waals surface area contributed by atoms with Gasteiger partial charge in [-0.2, -0.15) is 0 Å². The standard InChI is InChI=1S/C22H22F3NO2S/c1-22(28)13-3-4-14(22)10-16(9-13)29-20-8-12(2-6-18(20)24)21(27)26-15-5-7-17(23)19(25)11-15/h2,5-8,11,13-14,16,28H,3-4,9-10H2,1H3,(H,26,27)/t13-,14?,16-,22-/m0/s1. The first-order chi connectivity index (χ1) is 13.7. The maximum Gasteiger partial charge on any atom is 0.255 e. The summed E-state index contributed by atoms with van der Waals surface area (Å²) in [7, 11) is 0. The smallest absolute Gasteiger partial charge is 0.255 e. The quantitative estimate of drug-likeness (QED) is 0.696. The molecule has 154 valence electrons. The highest BCUT2D eigenvalue weighted by Gasteiger charge is 2.50. The first-order valence-electron chi connectivity index (χ1n) is 9.69. The lowest BCUT2D eigenvalue weighted by molar-refractivity contribution is -0.0407. The molecule has 2 bridgehead atoms. The van der Waals surface area contributed by atoms with E-state index in [-0.39, 0.29) is 28.3 Å². The second-order valence-electron chi connectivity index (χ2n) is 8.14. The van der Waals surface area contributed by atoms with Crippen molar-refractivity contribution in [1.82, 2.24) is 0 Å². The predicted molar refractivity (Wildman–Crippen MR) is 106 cm³/mol. The molecule has 0 heterocycles. The minimum absolute atomic E-state index is 0.124. The summed E-state index contributed by atoms with van der Waals surface area (Å²) in [5.41, 5.74) is -0.273. The second kappa shape index (κ2) is 7.69.